The van der Waals surface area contributed by atoms with Crippen LogP contribution in [0.4, 0.5) is 0 Å². The van der Waals surface area contributed by atoms with Crippen LogP contribution in [0.3, 0.4) is 0 Å². The molecule has 0 fully saturated rings. The fourth-order valence-corrected chi connectivity index (χ4v) is 2.25. The first kappa shape index (κ1) is 13.0. The number of benzene rings is 1. The smallest absolute Gasteiger partial charge is 0.101 e. The van der Waals surface area contributed by atoms with Gasteiger partial charge in [-0.25, -0.2) is 0 Å². The second-order valence-corrected chi connectivity index (χ2v) is 4.70. The SMILES string of the molecule is Cc1cc(C)c(C=C(C#N)c2ccccn2)c(C)c1. The van der Waals surface area contributed by atoms with Crippen LogP contribution in [-0.4, -0.2) is 4.98 Å². The topological polar surface area (TPSA) is 36.7 Å². The molecule has 0 aliphatic heterocycles. The number of allylic oxidation sites excluding steroid dienone is 1. The van der Waals surface area contributed by atoms with Crippen molar-refractivity contribution >= 4 is 11.6 Å². The van der Waals surface area contributed by atoms with Crippen molar-refractivity contribution in [3.63, 3.8) is 0 Å². The van der Waals surface area contributed by atoms with E-state index in [1.54, 1.807) is 6.20 Å². The third kappa shape index (κ3) is 2.89. The number of nitrogens with zero attached hydrogens (tertiary/aromatic N) is 2. The van der Waals surface area contributed by atoms with Crippen molar-refractivity contribution in [1.82, 2.24) is 4.98 Å². The first-order valence-corrected chi connectivity index (χ1v) is 6.23. The third-order valence-electron chi connectivity index (χ3n) is 3.09. The summed E-state index contributed by atoms with van der Waals surface area (Å²) in [6.07, 6.45) is 3.63. The first-order chi connectivity index (χ1) is 9.11. The molecule has 0 radical (unpaired) electrons. The zero-order chi connectivity index (χ0) is 13.8. The average molecular weight is 248 g/mol. The summed E-state index contributed by atoms with van der Waals surface area (Å²) < 4.78 is 0. The second kappa shape index (κ2) is 5.49. The van der Waals surface area contributed by atoms with Crippen molar-refractivity contribution in [2.75, 3.05) is 0 Å². The molecule has 0 atom stereocenters. The summed E-state index contributed by atoms with van der Waals surface area (Å²) in [6.45, 7) is 6.22. The Balaban J connectivity index is 2.54. The lowest BCUT2D eigenvalue weighted by atomic mass is 9.97. The van der Waals surface area contributed by atoms with E-state index < -0.39 is 0 Å². The molecule has 19 heavy (non-hydrogen) atoms. The molecule has 94 valence electrons. The van der Waals surface area contributed by atoms with Gasteiger partial charge in [-0.15, -0.1) is 0 Å². The van der Waals surface area contributed by atoms with E-state index in [2.05, 4.69) is 44.0 Å². The van der Waals surface area contributed by atoms with Gasteiger partial charge >= 0.3 is 0 Å². The number of aryl methyl sites for hydroxylation is 3. The minimum absolute atomic E-state index is 0.593. The van der Waals surface area contributed by atoms with Crippen molar-refractivity contribution in [2.45, 2.75) is 20.8 Å². The molecule has 2 nitrogen and oxygen atoms in total. The van der Waals surface area contributed by atoms with Gasteiger partial charge in [-0.1, -0.05) is 23.8 Å². The highest BCUT2D eigenvalue weighted by Gasteiger charge is 2.06. The quantitative estimate of drug-likeness (QED) is 0.751. The molecule has 1 aromatic carbocycles. The highest BCUT2D eigenvalue weighted by atomic mass is 14.7. The van der Waals surface area contributed by atoms with E-state index in [0.29, 0.717) is 11.3 Å². The number of hydrogen-bond acceptors (Lipinski definition) is 2. The van der Waals surface area contributed by atoms with Crippen LogP contribution in [0.5, 0.6) is 0 Å². The van der Waals surface area contributed by atoms with E-state index in [9.17, 15) is 5.26 Å². The summed E-state index contributed by atoms with van der Waals surface area (Å²) in [6, 6.07) is 12.1. The predicted molar refractivity (Wildman–Crippen MR) is 78.4 cm³/mol. The summed E-state index contributed by atoms with van der Waals surface area (Å²) in [5.41, 5.74) is 6.01. The van der Waals surface area contributed by atoms with Crippen molar-refractivity contribution in [1.29, 1.82) is 5.26 Å². The van der Waals surface area contributed by atoms with Crippen LogP contribution in [0.1, 0.15) is 27.9 Å². The van der Waals surface area contributed by atoms with Gasteiger partial charge in [0.2, 0.25) is 0 Å². The zero-order valence-electron chi connectivity index (χ0n) is 11.4. The number of rotatable bonds is 2. The third-order valence-corrected chi connectivity index (χ3v) is 3.09. The van der Waals surface area contributed by atoms with Crippen molar-refractivity contribution in [2.24, 2.45) is 0 Å². The molecule has 0 aliphatic carbocycles. The highest BCUT2D eigenvalue weighted by Crippen LogP contribution is 2.22. The Hall–Kier alpha value is -2.40. The monoisotopic (exact) mass is 248 g/mol. The van der Waals surface area contributed by atoms with Crippen molar-refractivity contribution in [3.05, 3.63) is 64.5 Å². The Morgan fingerprint density at radius 1 is 1.16 bits per heavy atom. The van der Waals surface area contributed by atoms with E-state index in [1.807, 2.05) is 24.3 Å². The molecular formula is C17H16N2. The number of pyridine rings is 1. The second-order valence-electron chi connectivity index (χ2n) is 4.70. The maximum atomic E-state index is 9.32. The molecule has 2 rings (SSSR count). The fourth-order valence-electron chi connectivity index (χ4n) is 2.25. The standard InChI is InChI=1S/C17H16N2/c1-12-8-13(2)16(14(3)9-12)10-15(11-18)17-6-4-5-7-19-17/h4-10H,1-3H3. The largest absolute Gasteiger partial charge is 0.256 e. The molecule has 0 N–H and O–H groups in total. The van der Waals surface area contributed by atoms with Crippen LogP contribution in [0.2, 0.25) is 0 Å². The van der Waals surface area contributed by atoms with Crippen LogP contribution < -0.4 is 0 Å². The van der Waals surface area contributed by atoms with E-state index in [4.69, 9.17) is 0 Å². The minimum atomic E-state index is 0.593. The maximum absolute atomic E-state index is 9.32. The van der Waals surface area contributed by atoms with Gasteiger partial charge in [0.1, 0.15) is 6.07 Å². The Labute approximate surface area is 114 Å². The zero-order valence-corrected chi connectivity index (χ0v) is 11.4. The maximum Gasteiger partial charge on any atom is 0.101 e. The molecular weight excluding hydrogens is 232 g/mol. The van der Waals surface area contributed by atoms with Crippen LogP contribution >= 0.6 is 0 Å². The summed E-state index contributed by atoms with van der Waals surface area (Å²) in [4.78, 5) is 4.23. The lowest BCUT2D eigenvalue weighted by Crippen LogP contribution is -1.91. The molecule has 0 spiro atoms. The van der Waals surface area contributed by atoms with Gasteiger partial charge in [-0.3, -0.25) is 4.98 Å². The molecule has 2 heteroatoms. The molecule has 1 aromatic heterocycles. The molecule has 0 bridgehead atoms. The van der Waals surface area contributed by atoms with E-state index in [-0.39, 0.29) is 0 Å². The van der Waals surface area contributed by atoms with Crippen LogP contribution in [0.25, 0.3) is 11.6 Å². The highest BCUT2D eigenvalue weighted by molar-refractivity contribution is 5.89. The number of nitriles is 1. The normalized spacial score (nSPS) is 11.2. The molecule has 1 heterocycles. The van der Waals surface area contributed by atoms with Gasteiger partial charge in [0.15, 0.2) is 0 Å². The Bertz CT molecular complexity index is 638. The Morgan fingerprint density at radius 2 is 1.84 bits per heavy atom. The van der Waals surface area contributed by atoms with E-state index in [0.717, 1.165) is 5.56 Å². The van der Waals surface area contributed by atoms with Crippen LogP contribution in [0, 0.1) is 32.1 Å². The lowest BCUT2D eigenvalue weighted by molar-refractivity contribution is 1.28. The van der Waals surface area contributed by atoms with Gasteiger partial charge in [-0.05, 0) is 55.7 Å². The van der Waals surface area contributed by atoms with Gasteiger partial charge in [0.05, 0.1) is 11.3 Å². The van der Waals surface area contributed by atoms with E-state index in [1.165, 1.54) is 16.7 Å². The van der Waals surface area contributed by atoms with E-state index >= 15 is 0 Å². The van der Waals surface area contributed by atoms with Crippen LogP contribution in [0.15, 0.2) is 36.5 Å². The summed E-state index contributed by atoms with van der Waals surface area (Å²) >= 11 is 0. The predicted octanol–water partition coefficient (Wildman–Crippen LogP) is 4.07. The summed E-state index contributed by atoms with van der Waals surface area (Å²) in [5.74, 6) is 0. The summed E-state index contributed by atoms with van der Waals surface area (Å²) in [7, 11) is 0. The van der Waals surface area contributed by atoms with Crippen molar-refractivity contribution < 1.29 is 0 Å². The van der Waals surface area contributed by atoms with Crippen LogP contribution in [-0.2, 0) is 0 Å². The molecule has 0 aliphatic rings. The average Bonchev–Trinajstić information content (AvgIpc) is 2.39. The summed E-state index contributed by atoms with van der Waals surface area (Å²) in [5, 5.41) is 9.32. The van der Waals surface area contributed by atoms with Gasteiger partial charge in [0, 0.05) is 6.20 Å². The minimum Gasteiger partial charge on any atom is -0.256 e. The van der Waals surface area contributed by atoms with Gasteiger partial charge in [-0.2, -0.15) is 5.26 Å². The van der Waals surface area contributed by atoms with Gasteiger partial charge in [0.25, 0.3) is 0 Å². The van der Waals surface area contributed by atoms with Gasteiger partial charge < -0.3 is 0 Å². The lowest BCUT2D eigenvalue weighted by Gasteiger charge is -2.08. The fraction of sp³-hybridized carbons (Fsp3) is 0.176. The Kier molecular flexibility index (Phi) is 3.77. The first-order valence-electron chi connectivity index (χ1n) is 6.23. The molecule has 0 amide bonds. The molecule has 0 saturated carbocycles. The van der Waals surface area contributed by atoms with Crippen molar-refractivity contribution in [3.8, 4) is 6.07 Å². The Morgan fingerprint density at radius 3 is 2.37 bits per heavy atom. The molecule has 0 saturated heterocycles. The number of aromatic nitrogens is 1. The number of hydrogen-bond donors (Lipinski definition) is 0. The molecule has 0 unspecified atom stereocenters. The molecule has 2 aromatic rings.